The standard InChI is InChI=1S/C22H27N5O3S/c1-4-19(28)16-6-7-18(14(3)23-16)26-10-8-25(9-11-26)13-15-12-17-20(31-15)21(29)27(5-2)22(30)24-17/h6-7,12H,4-5,8-11,13H2,1-3H3,(H,24,30). The largest absolute Gasteiger partial charge is 0.368 e. The number of carbonyl (C=O) groups excluding carboxylic acids is 1. The number of Topliss-reactive ketones (excluding diaryl/α,β-unsaturated/α-hetero) is 1. The molecule has 0 bridgehead atoms. The number of pyridine rings is 1. The minimum Gasteiger partial charge on any atom is -0.368 e. The number of anilines is 1. The summed E-state index contributed by atoms with van der Waals surface area (Å²) in [6, 6.07) is 5.75. The lowest BCUT2D eigenvalue weighted by molar-refractivity contribution is 0.0983. The molecule has 1 aliphatic rings. The Morgan fingerprint density at radius 1 is 1.16 bits per heavy atom. The monoisotopic (exact) mass is 441 g/mol. The van der Waals surface area contributed by atoms with E-state index in [1.54, 1.807) is 6.92 Å². The van der Waals surface area contributed by atoms with Crippen LogP contribution in [0.5, 0.6) is 0 Å². The van der Waals surface area contributed by atoms with Crippen LogP contribution in [0.2, 0.25) is 0 Å². The molecule has 3 aromatic rings. The van der Waals surface area contributed by atoms with Gasteiger partial charge in [0.25, 0.3) is 5.56 Å². The summed E-state index contributed by atoms with van der Waals surface area (Å²) >= 11 is 1.46. The fourth-order valence-corrected chi connectivity index (χ4v) is 5.15. The lowest BCUT2D eigenvalue weighted by Gasteiger charge is -2.36. The van der Waals surface area contributed by atoms with Crippen LogP contribution in [0.25, 0.3) is 10.2 Å². The third-order valence-corrected chi connectivity index (χ3v) is 6.89. The maximum absolute atomic E-state index is 12.5. The number of piperazine rings is 1. The second-order valence-corrected chi connectivity index (χ2v) is 8.91. The van der Waals surface area contributed by atoms with Crippen molar-refractivity contribution in [3.05, 3.63) is 55.3 Å². The Hall–Kier alpha value is -2.78. The third-order valence-electron chi connectivity index (χ3n) is 5.78. The van der Waals surface area contributed by atoms with E-state index >= 15 is 0 Å². The SMILES string of the molecule is CCC(=O)c1ccc(N2CCN(Cc3cc4[nH]c(=O)n(CC)c(=O)c4s3)CC2)c(C)n1. The van der Waals surface area contributed by atoms with Gasteiger partial charge in [-0.25, -0.2) is 9.78 Å². The number of rotatable bonds is 6. The number of H-pyrrole nitrogens is 1. The number of nitrogens with zero attached hydrogens (tertiary/aromatic N) is 4. The first-order valence-corrected chi connectivity index (χ1v) is 11.5. The molecule has 0 unspecified atom stereocenters. The van der Waals surface area contributed by atoms with Crippen LogP contribution in [0.4, 0.5) is 5.69 Å². The fraction of sp³-hybridized carbons (Fsp3) is 0.455. The molecule has 0 amide bonds. The molecule has 1 aliphatic heterocycles. The Bertz CT molecular complexity index is 1230. The van der Waals surface area contributed by atoms with E-state index in [1.165, 1.54) is 15.9 Å². The van der Waals surface area contributed by atoms with Gasteiger partial charge in [0.05, 0.1) is 16.9 Å². The van der Waals surface area contributed by atoms with E-state index in [9.17, 15) is 14.4 Å². The molecule has 4 heterocycles. The number of nitrogens with one attached hydrogen (secondary N) is 1. The summed E-state index contributed by atoms with van der Waals surface area (Å²) in [5.74, 6) is 0.0647. The molecule has 0 spiro atoms. The molecule has 31 heavy (non-hydrogen) atoms. The highest BCUT2D eigenvalue weighted by atomic mass is 32.1. The average molecular weight is 442 g/mol. The zero-order valence-electron chi connectivity index (χ0n) is 18.1. The number of aromatic nitrogens is 3. The maximum atomic E-state index is 12.5. The molecule has 0 aromatic carbocycles. The van der Waals surface area contributed by atoms with Gasteiger partial charge in [0.2, 0.25) is 0 Å². The Kier molecular flexibility index (Phi) is 6.06. The van der Waals surface area contributed by atoms with Gasteiger partial charge in [-0.2, -0.15) is 0 Å². The molecule has 8 nitrogen and oxygen atoms in total. The first-order valence-electron chi connectivity index (χ1n) is 10.6. The summed E-state index contributed by atoms with van der Waals surface area (Å²) in [7, 11) is 0. The predicted molar refractivity (Wildman–Crippen MR) is 123 cm³/mol. The highest BCUT2D eigenvalue weighted by Gasteiger charge is 2.21. The minimum atomic E-state index is -0.353. The van der Waals surface area contributed by atoms with Crippen molar-refractivity contribution in [1.82, 2.24) is 19.4 Å². The first kappa shape index (κ1) is 21.5. The number of aromatic amines is 1. The van der Waals surface area contributed by atoms with Crippen LogP contribution in [0.3, 0.4) is 0 Å². The van der Waals surface area contributed by atoms with Crippen molar-refractivity contribution in [2.45, 2.75) is 40.3 Å². The van der Waals surface area contributed by atoms with E-state index in [2.05, 4.69) is 19.8 Å². The van der Waals surface area contributed by atoms with Crippen molar-refractivity contribution < 1.29 is 4.79 Å². The summed E-state index contributed by atoms with van der Waals surface area (Å²) in [5, 5.41) is 0. The van der Waals surface area contributed by atoms with Gasteiger partial charge < -0.3 is 9.88 Å². The Labute approximate surface area is 184 Å². The van der Waals surface area contributed by atoms with Gasteiger partial charge in [0, 0.05) is 50.6 Å². The van der Waals surface area contributed by atoms with Crippen molar-refractivity contribution in [3.8, 4) is 0 Å². The first-order chi connectivity index (χ1) is 14.9. The predicted octanol–water partition coefficient (Wildman–Crippen LogP) is 2.39. The van der Waals surface area contributed by atoms with E-state index in [0.717, 1.165) is 49.0 Å². The minimum absolute atomic E-state index is 0.0647. The molecule has 0 radical (unpaired) electrons. The Morgan fingerprint density at radius 3 is 2.55 bits per heavy atom. The zero-order chi connectivity index (χ0) is 22.1. The summed E-state index contributed by atoms with van der Waals surface area (Å²) in [6.07, 6.45) is 0.461. The van der Waals surface area contributed by atoms with E-state index in [-0.39, 0.29) is 17.0 Å². The maximum Gasteiger partial charge on any atom is 0.328 e. The van der Waals surface area contributed by atoms with Gasteiger partial charge in [0.15, 0.2) is 5.78 Å². The molecule has 0 saturated carbocycles. The number of carbonyl (C=O) groups is 1. The molecule has 0 aliphatic carbocycles. The average Bonchev–Trinajstić information content (AvgIpc) is 3.16. The van der Waals surface area contributed by atoms with Gasteiger partial charge in [0.1, 0.15) is 10.4 Å². The summed E-state index contributed by atoms with van der Waals surface area (Å²) in [6.45, 7) is 10.2. The van der Waals surface area contributed by atoms with Gasteiger partial charge >= 0.3 is 5.69 Å². The number of thiophene rings is 1. The van der Waals surface area contributed by atoms with Crippen LogP contribution >= 0.6 is 11.3 Å². The second-order valence-electron chi connectivity index (χ2n) is 7.78. The zero-order valence-corrected chi connectivity index (χ0v) is 18.9. The van der Waals surface area contributed by atoms with E-state index in [1.807, 2.05) is 32.0 Å². The van der Waals surface area contributed by atoms with Crippen LogP contribution in [0, 0.1) is 6.92 Å². The molecule has 1 fully saturated rings. The Balaban J connectivity index is 1.44. The van der Waals surface area contributed by atoms with Crippen molar-refractivity contribution in [1.29, 1.82) is 0 Å². The van der Waals surface area contributed by atoms with E-state index in [4.69, 9.17) is 0 Å². The van der Waals surface area contributed by atoms with Gasteiger partial charge in [-0.05, 0) is 32.0 Å². The van der Waals surface area contributed by atoms with Crippen molar-refractivity contribution >= 4 is 33.0 Å². The van der Waals surface area contributed by atoms with Crippen molar-refractivity contribution in [3.63, 3.8) is 0 Å². The summed E-state index contributed by atoms with van der Waals surface area (Å²) < 4.78 is 1.84. The quantitative estimate of drug-likeness (QED) is 0.591. The lowest BCUT2D eigenvalue weighted by Crippen LogP contribution is -2.46. The third kappa shape index (κ3) is 4.20. The van der Waals surface area contributed by atoms with E-state index < -0.39 is 0 Å². The van der Waals surface area contributed by atoms with Crippen LogP contribution in [-0.2, 0) is 13.1 Å². The molecule has 3 aromatic heterocycles. The smallest absolute Gasteiger partial charge is 0.328 e. The highest BCUT2D eigenvalue weighted by Crippen LogP contribution is 2.24. The Morgan fingerprint density at radius 2 is 1.90 bits per heavy atom. The number of fused-ring (bicyclic) bond motifs is 1. The number of aryl methyl sites for hydroxylation is 1. The lowest BCUT2D eigenvalue weighted by atomic mass is 10.1. The molecule has 4 rings (SSSR count). The topological polar surface area (TPSA) is 91.3 Å². The second kappa shape index (κ2) is 8.76. The summed E-state index contributed by atoms with van der Waals surface area (Å²) in [5.41, 5.74) is 2.55. The van der Waals surface area contributed by atoms with Gasteiger partial charge in [-0.1, -0.05) is 6.92 Å². The number of hydrogen-bond acceptors (Lipinski definition) is 7. The van der Waals surface area contributed by atoms with Crippen molar-refractivity contribution in [2.75, 3.05) is 31.1 Å². The molecule has 0 atom stereocenters. The van der Waals surface area contributed by atoms with Crippen LogP contribution < -0.4 is 16.1 Å². The fourth-order valence-electron chi connectivity index (χ4n) is 4.05. The normalized spacial score (nSPS) is 15.0. The van der Waals surface area contributed by atoms with Crippen LogP contribution in [-0.4, -0.2) is 51.4 Å². The van der Waals surface area contributed by atoms with Crippen LogP contribution in [0.1, 0.15) is 41.3 Å². The molecule has 9 heteroatoms. The molecule has 164 valence electrons. The van der Waals surface area contributed by atoms with Crippen LogP contribution in [0.15, 0.2) is 27.8 Å². The summed E-state index contributed by atoms with van der Waals surface area (Å²) in [4.78, 5) is 49.5. The molecular weight excluding hydrogens is 414 g/mol. The van der Waals surface area contributed by atoms with Gasteiger partial charge in [-0.15, -0.1) is 11.3 Å². The molecular formula is C22H27N5O3S. The highest BCUT2D eigenvalue weighted by molar-refractivity contribution is 7.18. The molecule has 1 N–H and O–H groups in total. The number of ketones is 1. The molecule has 1 saturated heterocycles. The van der Waals surface area contributed by atoms with E-state index in [0.29, 0.717) is 28.9 Å². The van der Waals surface area contributed by atoms with Gasteiger partial charge in [-0.3, -0.25) is 19.1 Å². The van der Waals surface area contributed by atoms with Crippen molar-refractivity contribution in [2.24, 2.45) is 0 Å². The number of hydrogen-bond donors (Lipinski definition) is 1.